The van der Waals surface area contributed by atoms with Crippen molar-refractivity contribution in [2.45, 2.75) is 45.1 Å². The van der Waals surface area contributed by atoms with Crippen LogP contribution in [0.5, 0.6) is 0 Å². The van der Waals surface area contributed by atoms with Gasteiger partial charge in [0.2, 0.25) is 0 Å². The molecule has 1 aliphatic rings. The average molecular weight is 127 g/mol. The van der Waals surface area contributed by atoms with Crippen molar-refractivity contribution in [2.24, 2.45) is 11.7 Å². The molecule has 1 aliphatic carbocycles. The van der Waals surface area contributed by atoms with Gasteiger partial charge in [0, 0.05) is 5.54 Å². The average Bonchev–Trinajstić information content (AvgIpc) is 2.15. The van der Waals surface area contributed by atoms with Gasteiger partial charge in [0.15, 0.2) is 0 Å². The first kappa shape index (κ1) is 7.07. The Hall–Kier alpha value is -0.0400. The van der Waals surface area contributed by atoms with E-state index in [1.165, 1.54) is 19.3 Å². The van der Waals surface area contributed by atoms with Crippen molar-refractivity contribution >= 4 is 0 Å². The molecule has 1 saturated carbocycles. The smallest absolute Gasteiger partial charge is 0.0177 e. The highest BCUT2D eigenvalue weighted by Crippen LogP contribution is 2.35. The van der Waals surface area contributed by atoms with E-state index in [1.54, 1.807) is 0 Å². The molecule has 9 heavy (non-hydrogen) atoms. The van der Waals surface area contributed by atoms with Gasteiger partial charge in [0.1, 0.15) is 0 Å². The minimum atomic E-state index is 0.194. The lowest BCUT2D eigenvalue weighted by molar-refractivity contribution is 0.327. The lowest BCUT2D eigenvalue weighted by Crippen LogP contribution is -2.41. The lowest BCUT2D eigenvalue weighted by Gasteiger charge is -2.27. The van der Waals surface area contributed by atoms with Gasteiger partial charge in [-0.15, -0.1) is 0 Å². The van der Waals surface area contributed by atoms with Crippen molar-refractivity contribution in [3.8, 4) is 0 Å². The van der Waals surface area contributed by atoms with E-state index in [-0.39, 0.29) is 5.54 Å². The first-order chi connectivity index (χ1) is 4.19. The third-order valence-electron chi connectivity index (χ3n) is 2.92. The quantitative estimate of drug-likeness (QED) is 0.572. The van der Waals surface area contributed by atoms with Crippen LogP contribution in [0, 0.1) is 5.92 Å². The van der Waals surface area contributed by atoms with Crippen molar-refractivity contribution in [1.29, 1.82) is 0 Å². The standard InChI is InChI=1S/C8H17N/c1-3-8(9)6-4-5-7(8)2/h7H,3-6,9H2,1-2H3. The van der Waals surface area contributed by atoms with Crippen molar-refractivity contribution < 1.29 is 0 Å². The normalized spacial score (nSPS) is 43.7. The summed E-state index contributed by atoms with van der Waals surface area (Å²) < 4.78 is 0. The minimum Gasteiger partial charge on any atom is -0.325 e. The highest BCUT2D eigenvalue weighted by Gasteiger charge is 2.34. The van der Waals surface area contributed by atoms with Crippen LogP contribution in [0.2, 0.25) is 0 Å². The van der Waals surface area contributed by atoms with Gasteiger partial charge in [-0.25, -0.2) is 0 Å². The predicted octanol–water partition coefficient (Wildman–Crippen LogP) is 1.91. The van der Waals surface area contributed by atoms with Crippen molar-refractivity contribution in [3.63, 3.8) is 0 Å². The first-order valence-corrected chi connectivity index (χ1v) is 3.98. The molecule has 0 aliphatic heterocycles. The van der Waals surface area contributed by atoms with Gasteiger partial charge >= 0.3 is 0 Å². The van der Waals surface area contributed by atoms with Crippen LogP contribution in [-0.2, 0) is 0 Å². The summed E-state index contributed by atoms with van der Waals surface area (Å²) in [7, 11) is 0. The number of rotatable bonds is 1. The van der Waals surface area contributed by atoms with E-state index < -0.39 is 0 Å². The molecule has 1 fully saturated rings. The zero-order chi connectivity index (χ0) is 6.91. The summed E-state index contributed by atoms with van der Waals surface area (Å²) in [5.74, 6) is 0.752. The maximum Gasteiger partial charge on any atom is 0.0177 e. The SMILES string of the molecule is CCC1(N)CCCC1C. The minimum absolute atomic E-state index is 0.194. The van der Waals surface area contributed by atoms with Crippen LogP contribution in [0.25, 0.3) is 0 Å². The van der Waals surface area contributed by atoms with E-state index >= 15 is 0 Å². The Morgan fingerprint density at radius 3 is 2.56 bits per heavy atom. The summed E-state index contributed by atoms with van der Waals surface area (Å²) >= 11 is 0. The zero-order valence-corrected chi connectivity index (χ0v) is 6.48. The molecular formula is C8H17N. The molecule has 0 heterocycles. The molecule has 0 aromatic heterocycles. The highest BCUT2D eigenvalue weighted by molar-refractivity contribution is 4.92. The van der Waals surface area contributed by atoms with Crippen molar-refractivity contribution in [3.05, 3.63) is 0 Å². The third kappa shape index (κ3) is 1.11. The summed E-state index contributed by atoms with van der Waals surface area (Å²) in [6.45, 7) is 4.47. The van der Waals surface area contributed by atoms with E-state index in [0.29, 0.717) is 0 Å². The highest BCUT2D eigenvalue weighted by atomic mass is 14.8. The molecule has 2 N–H and O–H groups in total. The summed E-state index contributed by atoms with van der Waals surface area (Å²) in [6, 6.07) is 0. The van der Waals surface area contributed by atoms with Gasteiger partial charge in [-0.2, -0.15) is 0 Å². The van der Waals surface area contributed by atoms with Crippen LogP contribution in [0.4, 0.5) is 0 Å². The fourth-order valence-electron chi connectivity index (χ4n) is 1.80. The molecule has 54 valence electrons. The number of nitrogens with two attached hydrogens (primary N) is 1. The van der Waals surface area contributed by atoms with Crippen LogP contribution < -0.4 is 5.73 Å². The van der Waals surface area contributed by atoms with E-state index in [4.69, 9.17) is 5.73 Å². The van der Waals surface area contributed by atoms with Gasteiger partial charge < -0.3 is 5.73 Å². The Balaban J connectivity index is 2.56. The van der Waals surface area contributed by atoms with Crippen molar-refractivity contribution in [1.82, 2.24) is 0 Å². The topological polar surface area (TPSA) is 26.0 Å². The fourth-order valence-corrected chi connectivity index (χ4v) is 1.80. The number of hydrogen-bond acceptors (Lipinski definition) is 1. The Labute approximate surface area is 57.6 Å². The first-order valence-electron chi connectivity index (χ1n) is 3.98. The summed E-state index contributed by atoms with van der Waals surface area (Å²) in [5.41, 5.74) is 6.30. The largest absolute Gasteiger partial charge is 0.325 e. The maximum atomic E-state index is 6.10. The Morgan fingerprint density at radius 1 is 1.67 bits per heavy atom. The van der Waals surface area contributed by atoms with Gasteiger partial charge in [0.25, 0.3) is 0 Å². The fraction of sp³-hybridized carbons (Fsp3) is 1.00. The van der Waals surface area contributed by atoms with Crippen LogP contribution >= 0.6 is 0 Å². The molecule has 1 rings (SSSR count). The van der Waals surface area contributed by atoms with Crippen molar-refractivity contribution in [2.75, 3.05) is 0 Å². The predicted molar refractivity (Wildman–Crippen MR) is 40.2 cm³/mol. The van der Waals surface area contributed by atoms with Crippen LogP contribution in [0.1, 0.15) is 39.5 Å². The molecule has 1 nitrogen and oxygen atoms in total. The molecule has 0 saturated heterocycles. The van der Waals surface area contributed by atoms with Gasteiger partial charge in [0.05, 0.1) is 0 Å². The lowest BCUT2D eigenvalue weighted by atomic mass is 9.87. The van der Waals surface area contributed by atoms with E-state index in [9.17, 15) is 0 Å². The second-order valence-electron chi connectivity index (χ2n) is 3.38. The van der Waals surface area contributed by atoms with Crippen LogP contribution in [0.15, 0.2) is 0 Å². The molecule has 0 spiro atoms. The Bertz CT molecular complexity index is 101. The third-order valence-corrected chi connectivity index (χ3v) is 2.92. The second-order valence-corrected chi connectivity index (χ2v) is 3.38. The molecule has 0 aromatic rings. The zero-order valence-electron chi connectivity index (χ0n) is 6.48. The maximum absolute atomic E-state index is 6.10. The Kier molecular flexibility index (Phi) is 1.80. The molecule has 0 bridgehead atoms. The summed E-state index contributed by atoms with van der Waals surface area (Å²) in [6.07, 6.45) is 5.06. The van der Waals surface area contributed by atoms with Gasteiger partial charge in [-0.05, 0) is 25.2 Å². The van der Waals surface area contributed by atoms with E-state index in [1.807, 2.05) is 0 Å². The molecule has 0 amide bonds. The van der Waals surface area contributed by atoms with Gasteiger partial charge in [-0.1, -0.05) is 20.3 Å². The molecule has 2 unspecified atom stereocenters. The Morgan fingerprint density at radius 2 is 2.33 bits per heavy atom. The molecule has 0 radical (unpaired) electrons. The summed E-state index contributed by atoms with van der Waals surface area (Å²) in [5, 5.41) is 0. The van der Waals surface area contributed by atoms with E-state index in [2.05, 4.69) is 13.8 Å². The summed E-state index contributed by atoms with van der Waals surface area (Å²) in [4.78, 5) is 0. The molecule has 1 heteroatoms. The molecular weight excluding hydrogens is 110 g/mol. The van der Waals surface area contributed by atoms with Crippen LogP contribution in [0.3, 0.4) is 0 Å². The van der Waals surface area contributed by atoms with Crippen LogP contribution in [-0.4, -0.2) is 5.54 Å². The number of hydrogen-bond donors (Lipinski definition) is 1. The molecule has 2 atom stereocenters. The van der Waals surface area contributed by atoms with Gasteiger partial charge in [-0.3, -0.25) is 0 Å². The monoisotopic (exact) mass is 127 g/mol. The molecule has 0 aromatic carbocycles. The second kappa shape index (κ2) is 2.30. The van der Waals surface area contributed by atoms with E-state index in [0.717, 1.165) is 12.3 Å².